The largest absolute Gasteiger partial charge is 0.459 e. The minimum absolute atomic E-state index is 0.0236. The fraction of sp³-hybridized carbons (Fsp3) is 0.923. The maximum atomic E-state index is 12.0. The van der Waals surface area contributed by atoms with Gasteiger partial charge in [-0.25, -0.2) is 0 Å². The smallest absolute Gasteiger partial charge is 0.323 e. The average Bonchev–Trinajstić information content (AvgIpc) is 2.26. The second kappa shape index (κ2) is 5.99. The van der Waals surface area contributed by atoms with E-state index in [9.17, 15) is 4.79 Å². The summed E-state index contributed by atoms with van der Waals surface area (Å²) in [6.07, 6.45) is -0.217. The molecule has 5 nitrogen and oxygen atoms in total. The Morgan fingerprint density at radius 2 is 2.17 bits per heavy atom. The van der Waals surface area contributed by atoms with E-state index in [1.165, 1.54) is 0 Å². The Hall–Kier alpha value is -0.650. The van der Waals surface area contributed by atoms with E-state index in [-0.39, 0.29) is 30.8 Å². The van der Waals surface area contributed by atoms with E-state index in [1.54, 1.807) is 0 Å². The van der Waals surface area contributed by atoms with Gasteiger partial charge in [0.25, 0.3) is 0 Å². The van der Waals surface area contributed by atoms with Crippen molar-refractivity contribution in [1.29, 1.82) is 0 Å². The van der Waals surface area contributed by atoms with E-state index >= 15 is 0 Å². The summed E-state index contributed by atoms with van der Waals surface area (Å²) in [6, 6.07) is -0.174. The van der Waals surface area contributed by atoms with Gasteiger partial charge in [-0.15, -0.1) is 0 Å². The highest BCUT2D eigenvalue weighted by molar-refractivity contribution is 5.75. The van der Waals surface area contributed by atoms with Crippen LogP contribution >= 0.6 is 0 Å². The molecule has 0 aromatic carbocycles. The van der Waals surface area contributed by atoms with Crippen molar-refractivity contribution in [2.45, 2.75) is 58.4 Å². The van der Waals surface area contributed by atoms with E-state index in [1.807, 2.05) is 39.5 Å². The Morgan fingerprint density at radius 3 is 2.67 bits per heavy atom. The lowest BCUT2D eigenvalue weighted by molar-refractivity contribution is -0.167. The Balaban J connectivity index is 2.63. The zero-order chi connectivity index (χ0) is 13.9. The van der Waals surface area contributed by atoms with Crippen LogP contribution in [0.1, 0.15) is 34.6 Å². The summed E-state index contributed by atoms with van der Waals surface area (Å²) in [4.78, 5) is 14.1. The maximum absolute atomic E-state index is 12.0. The van der Waals surface area contributed by atoms with Gasteiger partial charge in [0.1, 0.15) is 11.6 Å². The van der Waals surface area contributed by atoms with Gasteiger partial charge in [-0.2, -0.15) is 0 Å². The van der Waals surface area contributed by atoms with Gasteiger partial charge < -0.3 is 14.6 Å². The van der Waals surface area contributed by atoms with E-state index in [0.29, 0.717) is 13.2 Å². The zero-order valence-corrected chi connectivity index (χ0v) is 12.0. The fourth-order valence-electron chi connectivity index (χ4n) is 2.01. The second-order valence-corrected chi connectivity index (χ2v) is 5.89. The van der Waals surface area contributed by atoms with Crippen LogP contribution in [0, 0.1) is 0 Å². The van der Waals surface area contributed by atoms with Gasteiger partial charge in [0.05, 0.1) is 19.3 Å². The van der Waals surface area contributed by atoms with Crippen molar-refractivity contribution in [2.75, 3.05) is 19.8 Å². The van der Waals surface area contributed by atoms with Crippen molar-refractivity contribution in [1.82, 2.24) is 4.90 Å². The molecular weight excluding hydrogens is 234 g/mol. The van der Waals surface area contributed by atoms with Crippen molar-refractivity contribution >= 4 is 5.97 Å². The number of morpholine rings is 1. The predicted octanol–water partition coefficient (Wildman–Crippen LogP) is 0.798. The number of hydrogen-bond acceptors (Lipinski definition) is 5. The number of carbonyl (C=O) groups excluding carboxylic acids is 1. The van der Waals surface area contributed by atoms with Gasteiger partial charge in [-0.05, 0) is 34.6 Å². The summed E-state index contributed by atoms with van der Waals surface area (Å²) < 4.78 is 10.8. The lowest BCUT2D eigenvalue weighted by Crippen LogP contribution is -2.55. The fourth-order valence-corrected chi connectivity index (χ4v) is 2.01. The number of aliphatic hydroxyl groups excluding tert-OH is 1. The molecule has 1 saturated heterocycles. The third-order valence-electron chi connectivity index (χ3n) is 3.00. The van der Waals surface area contributed by atoms with Crippen molar-refractivity contribution in [3.8, 4) is 0 Å². The van der Waals surface area contributed by atoms with Gasteiger partial charge in [0.2, 0.25) is 0 Å². The highest BCUT2D eigenvalue weighted by Crippen LogP contribution is 2.18. The van der Waals surface area contributed by atoms with Crippen LogP contribution in [0.3, 0.4) is 0 Å². The minimum atomic E-state index is -0.475. The maximum Gasteiger partial charge on any atom is 0.323 e. The summed E-state index contributed by atoms with van der Waals surface area (Å²) in [5.41, 5.74) is -0.475. The standard InChI is InChI=1S/C13H25NO4/c1-9-8-17-11(7-15)6-14(9)10(2)12(16)18-13(3,4)5/h9-11,15H,6-8H2,1-5H3. The quantitative estimate of drug-likeness (QED) is 0.760. The zero-order valence-electron chi connectivity index (χ0n) is 12.0. The number of hydrogen-bond donors (Lipinski definition) is 1. The first kappa shape index (κ1) is 15.4. The number of nitrogens with zero attached hydrogens (tertiary/aromatic N) is 1. The van der Waals surface area contributed by atoms with Crippen LogP contribution in [-0.4, -0.2) is 59.5 Å². The molecule has 18 heavy (non-hydrogen) atoms. The first-order chi connectivity index (χ1) is 8.24. The molecule has 0 spiro atoms. The van der Waals surface area contributed by atoms with E-state index in [4.69, 9.17) is 14.6 Å². The van der Waals surface area contributed by atoms with Crippen molar-refractivity contribution < 1.29 is 19.4 Å². The van der Waals surface area contributed by atoms with Crippen LogP contribution in [0.2, 0.25) is 0 Å². The topological polar surface area (TPSA) is 59.0 Å². The molecule has 1 heterocycles. The summed E-state index contributed by atoms with van der Waals surface area (Å²) in [7, 11) is 0. The summed E-state index contributed by atoms with van der Waals surface area (Å²) in [5, 5.41) is 9.13. The van der Waals surface area contributed by atoms with Crippen LogP contribution in [0.25, 0.3) is 0 Å². The normalized spacial score (nSPS) is 27.9. The monoisotopic (exact) mass is 259 g/mol. The molecule has 1 rings (SSSR count). The lowest BCUT2D eigenvalue weighted by Gasteiger charge is -2.40. The molecule has 1 N–H and O–H groups in total. The van der Waals surface area contributed by atoms with E-state index in [0.717, 1.165) is 0 Å². The summed E-state index contributed by atoms with van der Waals surface area (Å²) in [6.45, 7) is 10.5. The Labute approximate surface area is 109 Å². The Kier molecular flexibility index (Phi) is 5.13. The molecule has 0 amide bonds. The molecule has 1 aliphatic rings. The molecule has 0 aromatic rings. The van der Waals surface area contributed by atoms with Gasteiger partial charge in [-0.3, -0.25) is 9.69 Å². The molecule has 3 atom stereocenters. The number of esters is 1. The number of aliphatic hydroxyl groups is 1. The highest BCUT2D eigenvalue weighted by atomic mass is 16.6. The molecule has 106 valence electrons. The number of ether oxygens (including phenoxy) is 2. The Morgan fingerprint density at radius 1 is 1.56 bits per heavy atom. The summed E-state index contributed by atoms with van der Waals surface area (Å²) in [5.74, 6) is -0.229. The average molecular weight is 259 g/mol. The summed E-state index contributed by atoms with van der Waals surface area (Å²) >= 11 is 0. The highest BCUT2D eigenvalue weighted by Gasteiger charge is 2.34. The van der Waals surface area contributed by atoms with Crippen LogP contribution in [0.15, 0.2) is 0 Å². The molecule has 5 heteroatoms. The molecule has 1 fully saturated rings. The van der Waals surface area contributed by atoms with E-state index < -0.39 is 5.60 Å². The molecule has 0 bridgehead atoms. The van der Waals surface area contributed by atoms with Gasteiger partial charge in [-0.1, -0.05) is 0 Å². The first-order valence-electron chi connectivity index (χ1n) is 6.45. The van der Waals surface area contributed by atoms with Crippen LogP contribution in [-0.2, 0) is 14.3 Å². The predicted molar refractivity (Wildman–Crippen MR) is 68.3 cm³/mol. The lowest BCUT2D eigenvalue weighted by atomic mass is 10.1. The van der Waals surface area contributed by atoms with E-state index in [2.05, 4.69) is 0 Å². The molecule has 0 radical (unpaired) electrons. The van der Waals surface area contributed by atoms with Gasteiger partial charge in [0.15, 0.2) is 0 Å². The molecule has 0 aromatic heterocycles. The van der Waals surface area contributed by atoms with Gasteiger partial charge in [0, 0.05) is 12.6 Å². The third-order valence-corrected chi connectivity index (χ3v) is 3.00. The number of rotatable bonds is 3. The molecule has 0 aliphatic carbocycles. The first-order valence-corrected chi connectivity index (χ1v) is 6.45. The third kappa shape index (κ3) is 4.23. The van der Waals surface area contributed by atoms with Gasteiger partial charge >= 0.3 is 5.97 Å². The SMILES string of the molecule is CC1COC(CO)CN1C(C)C(=O)OC(C)(C)C. The molecule has 3 unspecified atom stereocenters. The van der Waals surface area contributed by atoms with Crippen molar-refractivity contribution in [3.05, 3.63) is 0 Å². The van der Waals surface area contributed by atoms with Crippen molar-refractivity contribution in [3.63, 3.8) is 0 Å². The molecule has 1 aliphatic heterocycles. The van der Waals surface area contributed by atoms with Crippen LogP contribution < -0.4 is 0 Å². The van der Waals surface area contributed by atoms with Crippen LogP contribution in [0.5, 0.6) is 0 Å². The minimum Gasteiger partial charge on any atom is -0.459 e. The second-order valence-electron chi connectivity index (χ2n) is 5.89. The molecule has 0 saturated carbocycles. The Bertz CT molecular complexity index is 287. The van der Waals surface area contributed by atoms with Crippen LogP contribution in [0.4, 0.5) is 0 Å². The van der Waals surface area contributed by atoms with Crippen molar-refractivity contribution in [2.24, 2.45) is 0 Å². The molecular formula is C13H25NO4. The number of carbonyl (C=O) groups is 1.